The summed E-state index contributed by atoms with van der Waals surface area (Å²) in [7, 11) is -4.32. The molecule has 1 spiro atoms. The van der Waals surface area contributed by atoms with Gasteiger partial charge in [-0.05, 0) is 94.4 Å². The van der Waals surface area contributed by atoms with Crippen molar-refractivity contribution in [2.24, 2.45) is 16.7 Å². The molecule has 248 valence electrons. The number of halogens is 3. The Labute approximate surface area is 266 Å². The third kappa shape index (κ3) is 5.33. The number of fused-ring (bicyclic) bond motifs is 5. The minimum Gasteiger partial charge on any atom is -0.370 e. The number of carbonyl (C=O) groups is 2. The van der Waals surface area contributed by atoms with Gasteiger partial charge in [-0.3, -0.25) is 9.69 Å². The summed E-state index contributed by atoms with van der Waals surface area (Å²) in [5.41, 5.74) is -1.94. The lowest BCUT2D eigenvalue weighted by atomic mass is 9.92. The summed E-state index contributed by atoms with van der Waals surface area (Å²) in [6.45, 7) is 6.26. The zero-order valence-corrected chi connectivity index (χ0v) is 26.7. The van der Waals surface area contributed by atoms with Gasteiger partial charge >= 0.3 is 12.2 Å². The zero-order valence-electron chi connectivity index (χ0n) is 25.9. The van der Waals surface area contributed by atoms with Crippen LogP contribution in [0, 0.1) is 16.7 Å². The number of amides is 3. The summed E-state index contributed by atoms with van der Waals surface area (Å²) in [6.07, 6.45) is -0.938. The molecule has 4 bridgehead atoms. The topological polar surface area (TPSA) is 128 Å². The second kappa shape index (κ2) is 10.4. The lowest BCUT2D eigenvalue weighted by Gasteiger charge is -2.34. The third-order valence-electron chi connectivity index (χ3n) is 10.6. The standard InChI is InChI=1S/C31H38F3N7O4S/c1-28(2)18-29-17-20(29)9-13-35-22-5-3-6-24(36-22)46(44,45)38-26(42)21-7-8-23(37-25(21)41(28)19-29)40-16-15-39(27(40)43)14-4-10-30(11-12-30)31(32,33)34/h3,5-8,20H,4,9-19H2,1-2H3,(H,35,36)(H,38,42). The molecule has 2 aromatic heterocycles. The maximum Gasteiger partial charge on any atom is 0.394 e. The molecular weight excluding hydrogens is 623 g/mol. The Morgan fingerprint density at radius 3 is 2.59 bits per heavy atom. The molecule has 4 fully saturated rings. The molecule has 2 N–H and O–H groups in total. The van der Waals surface area contributed by atoms with Gasteiger partial charge in [-0.2, -0.15) is 21.6 Å². The Bertz CT molecular complexity index is 1700. The maximum absolute atomic E-state index is 13.7. The fourth-order valence-corrected chi connectivity index (χ4v) is 8.76. The molecule has 7 rings (SSSR count). The van der Waals surface area contributed by atoms with Gasteiger partial charge < -0.3 is 15.1 Å². The van der Waals surface area contributed by atoms with Crippen molar-refractivity contribution < 1.29 is 31.2 Å². The summed E-state index contributed by atoms with van der Waals surface area (Å²) >= 11 is 0. The number of aromatic nitrogens is 2. The van der Waals surface area contributed by atoms with E-state index in [-0.39, 0.29) is 54.3 Å². The van der Waals surface area contributed by atoms with Crippen LogP contribution in [0.15, 0.2) is 35.4 Å². The lowest BCUT2D eigenvalue weighted by molar-refractivity contribution is -0.189. The number of alkyl halides is 3. The van der Waals surface area contributed by atoms with E-state index >= 15 is 0 Å². The first-order valence-electron chi connectivity index (χ1n) is 15.8. The number of anilines is 3. The van der Waals surface area contributed by atoms with Gasteiger partial charge in [0.1, 0.15) is 17.5 Å². The van der Waals surface area contributed by atoms with Gasteiger partial charge in [0.25, 0.3) is 15.9 Å². The van der Waals surface area contributed by atoms with Gasteiger partial charge in [0, 0.05) is 38.3 Å². The van der Waals surface area contributed by atoms with E-state index in [1.165, 1.54) is 23.1 Å². The van der Waals surface area contributed by atoms with Gasteiger partial charge in [-0.25, -0.2) is 19.5 Å². The predicted molar refractivity (Wildman–Crippen MR) is 164 cm³/mol. The SMILES string of the molecule is CC1(C)CC23CC2CCNc2cccc(n2)S(=O)(=O)NC(=O)c2ccc(N4CCN(CCCC5(C(F)(F)F)CC5)C4=O)nc2N1C3. The lowest BCUT2D eigenvalue weighted by Crippen LogP contribution is -2.41. The quantitative estimate of drug-likeness (QED) is 0.469. The molecular formula is C31H38F3N7O4S. The predicted octanol–water partition coefficient (Wildman–Crippen LogP) is 4.77. The number of urea groups is 1. The molecule has 5 aliphatic rings. The van der Waals surface area contributed by atoms with Crippen LogP contribution in [0.2, 0.25) is 0 Å². The molecule has 2 aliphatic carbocycles. The molecule has 5 heterocycles. The van der Waals surface area contributed by atoms with Crippen LogP contribution in [0.25, 0.3) is 0 Å². The van der Waals surface area contributed by atoms with Crippen molar-refractivity contribution in [2.75, 3.05) is 47.8 Å². The van der Waals surface area contributed by atoms with Crippen LogP contribution in [0.4, 0.5) is 35.4 Å². The first kappa shape index (κ1) is 31.0. The molecule has 2 saturated heterocycles. The number of carbonyl (C=O) groups excluding carboxylic acids is 2. The smallest absolute Gasteiger partial charge is 0.370 e. The summed E-state index contributed by atoms with van der Waals surface area (Å²) in [4.78, 5) is 41.3. The van der Waals surface area contributed by atoms with Gasteiger partial charge in [0.2, 0.25) is 0 Å². The zero-order chi connectivity index (χ0) is 32.7. The van der Waals surface area contributed by atoms with Gasteiger partial charge in [-0.15, -0.1) is 0 Å². The third-order valence-corrected chi connectivity index (χ3v) is 11.9. The normalized spacial score (nSPS) is 27.6. The van der Waals surface area contributed by atoms with Crippen LogP contribution in [0.5, 0.6) is 0 Å². The van der Waals surface area contributed by atoms with E-state index in [2.05, 4.69) is 33.8 Å². The first-order valence-corrected chi connectivity index (χ1v) is 17.3. The molecule has 0 radical (unpaired) electrons. The van der Waals surface area contributed by atoms with Gasteiger partial charge in [0.15, 0.2) is 5.03 Å². The van der Waals surface area contributed by atoms with Crippen LogP contribution >= 0.6 is 0 Å². The summed E-state index contributed by atoms with van der Waals surface area (Å²) < 4.78 is 68.8. The maximum atomic E-state index is 13.7. The molecule has 11 nitrogen and oxygen atoms in total. The Kier molecular flexibility index (Phi) is 7.04. The minimum absolute atomic E-state index is 0.00193. The molecule has 0 aromatic carbocycles. The number of hydrogen-bond donors (Lipinski definition) is 2. The average molecular weight is 662 g/mol. The Hall–Kier alpha value is -3.62. The number of hydrogen-bond acceptors (Lipinski definition) is 8. The van der Waals surface area contributed by atoms with E-state index in [1.54, 1.807) is 17.0 Å². The minimum atomic E-state index is -4.32. The molecule has 46 heavy (non-hydrogen) atoms. The van der Waals surface area contributed by atoms with Crippen molar-refractivity contribution in [3.63, 3.8) is 0 Å². The van der Waals surface area contributed by atoms with E-state index in [0.29, 0.717) is 49.6 Å². The van der Waals surface area contributed by atoms with Crippen LogP contribution in [0.3, 0.4) is 0 Å². The monoisotopic (exact) mass is 661 g/mol. The summed E-state index contributed by atoms with van der Waals surface area (Å²) in [6, 6.07) is 7.24. The molecule has 2 unspecified atom stereocenters. The Morgan fingerprint density at radius 2 is 1.85 bits per heavy atom. The first-order chi connectivity index (χ1) is 21.6. The van der Waals surface area contributed by atoms with Crippen LogP contribution in [-0.2, 0) is 10.0 Å². The van der Waals surface area contributed by atoms with E-state index in [0.717, 1.165) is 19.3 Å². The second-order valence-corrected chi connectivity index (χ2v) is 15.8. The fourth-order valence-electron chi connectivity index (χ4n) is 7.83. The Morgan fingerprint density at radius 1 is 1.07 bits per heavy atom. The van der Waals surface area contributed by atoms with Crippen molar-refractivity contribution in [3.8, 4) is 0 Å². The number of pyridine rings is 2. The average Bonchev–Trinajstić information content (AvgIpc) is 3.85. The van der Waals surface area contributed by atoms with Crippen molar-refractivity contribution >= 4 is 39.4 Å². The van der Waals surface area contributed by atoms with Crippen molar-refractivity contribution in [1.29, 1.82) is 0 Å². The number of rotatable bonds is 5. The molecule has 15 heteroatoms. The Balaban J connectivity index is 1.18. The summed E-state index contributed by atoms with van der Waals surface area (Å²) in [5, 5.41) is 2.93. The molecule has 2 saturated carbocycles. The fraction of sp³-hybridized carbons (Fsp3) is 0.613. The number of nitrogens with zero attached hydrogens (tertiary/aromatic N) is 5. The highest BCUT2D eigenvalue weighted by Gasteiger charge is 2.63. The van der Waals surface area contributed by atoms with E-state index in [4.69, 9.17) is 4.98 Å². The van der Waals surface area contributed by atoms with Crippen molar-refractivity contribution in [1.82, 2.24) is 19.6 Å². The van der Waals surface area contributed by atoms with Crippen molar-refractivity contribution in [2.45, 2.75) is 75.5 Å². The number of nitrogens with one attached hydrogen (secondary N) is 2. The van der Waals surface area contributed by atoms with E-state index < -0.39 is 33.1 Å². The van der Waals surface area contributed by atoms with E-state index in [1.807, 2.05) is 0 Å². The molecule has 3 aliphatic heterocycles. The second-order valence-electron chi connectivity index (χ2n) is 14.2. The highest BCUT2D eigenvalue weighted by molar-refractivity contribution is 7.90. The molecule has 2 atom stereocenters. The van der Waals surface area contributed by atoms with Crippen molar-refractivity contribution in [3.05, 3.63) is 35.9 Å². The largest absolute Gasteiger partial charge is 0.394 e. The van der Waals surface area contributed by atoms with Crippen LogP contribution < -0.4 is 19.8 Å². The van der Waals surface area contributed by atoms with Crippen LogP contribution in [-0.4, -0.2) is 79.7 Å². The van der Waals surface area contributed by atoms with Gasteiger partial charge in [0.05, 0.1) is 11.0 Å². The van der Waals surface area contributed by atoms with E-state index in [9.17, 15) is 31.2 Å². The highest BCUT2D eigenvalue weighted by atomic mass is 32.2. The highest BCUT2D eigenvalue weighted by Crippen LogP contribution is 2.64. The van der Waals surface area contributed by atoms with Gasteiger partial charge in [-0.1, -0.05) is 6.07 Å². The molecule has 2 aromatic rings. The number of sulfonamides is 1. The summed E-state index contributed by atoms with van der Waals surface area (Å²) in [5.74, 6) is 0.580. The van der Waals surface area contributed by atoms with Crippen LogP contribution in [0.1, 0.15) is 69.2 Å². The molecule has 3 amide bonds.